The number of likely N-dealkylation sites (tertiary alicyclic amines) is 2. The van der Waals surface area contributed by atoms with Crippen molar-refractivity contribution >= 4 is 11.8 Å². The Labute approximate surface area is 165 Å². The Kier molecular flexibility index (Phi) is 7.25. The van der Waals surface area contributed by atoms with Crippen molar-refractivity contribution in [3.63, 3.8) is 0 Å². The Morgan fingerprint density at radius 2 is 1.86 bits per heavy atom. The molecule has 0 unspecified atom stereocenters. The first-order valence-corrected chi connectivity index (χ1v) is 10.2. The molecule has 1 aromatic carbocycles. The minimum atomic E-state index is -0.298. The molecule has 2 amide bonds. The molecule has 28 heavy (non-hydrogen) atoms. The van der Waals surface area contributed by atoms with E-state index in [0.29, 0.717) is 38.4 Å². The summed E-state index contributed by atoms with van der Waals surface area (Å²) in [6.07, 6.45) is 4.22. The van der Waals surface area contributed by atoms with Crippen LogP contribution in [0.1, 0.15) is 32.1 Å². The maximum Gasteiger partial charge on any atom is 0.226 e. The van der Waals surface area contributed by atoms with Gasteiger partial charge in [0.1, 0.15) is 11.6 Å². The quantitative estimate of drug-likeness (QED) is 0.772. The molecule has 6 nitrogen and oxygen atoms in total. The van der Waals surface area contributed by atoms with Gasteiger partial charge in [-0.3, -0.25) is 9.59 Å². The molecule has 0 bridgehead atoms. The number of nitrogens with zero attached hydrogens (tertiary/aromatic N) is 2. The van der Waals surface area contributed by atoms with Gasteiger partial charge in [0.2, 0.25) is 11.8 Å². The smallest absolute Gasteiger partial charge is 0.226 e. The van der Waals surface area contributed by atoms with Crippen LogP contribution in [0.5, 0.6) is 5.75 Å². The lowest BCUT2D eigenvalue weighted by atomic mass is 9.93. The van der Waals surface area contributed by atoms with E-state index in [9.17, 15) is 14.0 Å². The maximum absolute atomic E-state index is 13.0. The third-order valence-corrected chi connectivity index (χ3v) is 5.66. The van der Waals surface area contributed by atoms with Crippen LogP contribution in [0, 0.1) is 17.7 Å². The van der Waals surface area contributed by atoms with E-state index in [1.54, 1.807) is 12.1 Å². The Hall–Kier alpha value is -2.15. The second-order valence-corrected chi connectivity index (χ2v) is 7.91. The minimum absolute atomic E-state index is 0.00149. The van der Waals surface area contributed by atoms with Gasteiger partial charge in [0.05, 0.1) is 12.5 Å². The highest BCUT2D eigenvalue weighted by Gasteiger charge is 2.32. The molecule has 7 heteroatoms. The van der Waals surface area contributed by atoms with E-state index in [4.69, 9.17) is 10.5 Å². The maximum atomic E-state index is 13.0. The summed E-state index contributed by atoms with van der Waals surface area (Å²) in [7, 11) is 0. The number of carbonyl (C=O) groups is 2. The molecule has 2 fully saturated rings. The number of nitrogens with two attached hydrogens (primary N) is 1. The van der Waals surface area contributed by atoms with Crippen molar-refractivity contribution < 1.29 is 18.7 Å². The standard InChI is InChI=1S/C21H30FN3O3/c22-18-5-7-19(8-6-18)28-15-16-3-1-11-25(13-16)21(27)17-4-2-10-24(14-17)12-9-20(23)26/h5-8,16-17H,1-4,9-15H2,(H2,23,26)/t16-,17-/m0/s1. The van der Waals surface area contributed by atoms with E-state index in [0.717, 1.165) is 38.8 Å². The SMILES string of the molecule is NC(=O)CCN1CCC[C@H](C(=O)N2CCC[C@H](COc3ccc(F)cc3)C2)C1. The van der Waals surface area contributed by atoms with Gasteiger partial charge in [-0.05, 0) is 56.5 Å². The summed E-state index contributed by atoms with van der Waals surface area (Å²) in [6, 6.07) is 6.03. The number of hydrogen-bond acceptors (Lipinski definition) is 4. The second kappa shape index (κ2) is 9.87. The van der Waals surface area contributed by atoms with E-state index in [1.807, 2.05) is 4.90 Å². The molecule has 154 valence electrons. The number of amides is 2. The number of rotatable bonds is 7. The molecule has 0 spiro atoms. The molecule has 0 aromatic heterocycles. The minimum Gasteiger partial charge on any atom is -0.493 e. The van der Waals surface area contributed by atoms with Crippen LogP contribution in [-0.4, -0.2) is 60.9 Å². The van der Waals surface area contributed by atoms with Gasteiger partial charge in [-0.25, -0.2) is 4.39 Å². The predicted molar refractivity (Wildman–Crippen MR) is 104 cm³/mol. The number of hydrogen-bond donors (Lipinski definition) is 1. The Morgan fingerprint density at radius 1 is 1.11 bits per heavy atom. The lowest BCUT2D eigenvalue weighted by molar-refractivity contribution is -0.139. The van der Waals surface area contributed by atoms with Crippen LogP contribution >= 0.6 is 0 Å². The van der Waals surface area contributed by atoms with E-state index >= 15 is 0 Å². The van der Waals surface area contributed by atoms with Gasteiger partial charge >= 0.3 is 0 Å². The summed E-state index contributed by atoms with van der Waals surface area (Å²) >= 11 is 0. The van der Waals surface area contributed by atoms with Crippen LogP contribution in [0.4, 0.5) is 4.39 Å². The van der Waals surface area contributed by atoms with Gasteiger partial charge in [0.15, 0.2) is 0 Å². The van der Waals surface area contributed by atoms with E-state index < -0.39 is 0 Å². The molecule has 0 radical (unpaired) electrons. The highest BCUT2D eigenvalue weighted by atomic mass is 19.1. The number of carbonyl (C=O) groups excluding carboxylic acids is 2. The van der Waals surface area contributed by atoms with Crippen LogP contribution in [0.15, 0.2) is 24.3 Å². The first-order valence-electron chi connectivity index (χ1n) is 10.2. The van der Waals surface area contributed by atoms with Crippen molar-refractivity contribution in [1.82, 2.24) is 9.80 Å². The van der Waals surface area contributed by atoms with E-state index in [1.165, 1.54) is 12.1 Å². The molecule has 0 saturated carbocycles. The van der Waals surface area contributed by atoms with E-state index in [-0.39, 0.29) is 29.5 Å². The van der Waals surface area contributed by atoms with Gasteiger partial charge < -0.3 is 20.3 Å². The van der Waals surface area contributed by atoms with Crippen LogP contribution in [0.3, 0.4) is 0 Å². The first-order chi connectivity index (χ1) is 13.5. The normalized spacial score (nSPS) is 23.4. The van der Waals surface area contributed by atoms with Gasteiger partial charge in [-0.1, -0.05) is 0 Å². The Morgan fingerprint density at radius 3 is 2.61 bits per heavy atom. The van der Waals surface area contributed by atoms with Crippen molar-refractivity contribution in [3.05, 3.63) is 30.1 Å². The molecule has 3 rings (SSSR count). The van der Waals surface area contributed by atoms with Crippen LogP contribution in [0.25, 0.3) is 0 Å². The third-order valence-electron chi connectivity index (χ3n) is 5.66. The molecule has 2 heterocycles. The molecule has 1 aromatic rings. The van der Waals surface area contributed by atoms with Crippen LogP contribution < -0.4 is 10.5 Å². The zero-order valence-electron chi connectivity index (χ0n) is 16.3. The van der Waals surface area contributed by atoms with Crippen LogP contribution in [0.2, 0.25) is 0 Å². The number of primary amides is 1. The average molecular weight is 391 g/mol. The van der Waals surface area contributed by atoms with Crippen molar-refractivity contribution in [3.8, 4) is 5.75 Å². The first kappa shape index (κ1) is 20.6. The molecule has 2 atom stereocenters. The number of halogens is 1. The fourth-order valence-corrected chi connectivity index (χ4v) is 4.13. The fraction of sp³-hybridized carbons (Fsp3) is 0.619. The molecule has 2 aliphatic rings. The number of piperidine rings is 2. The van der Waals surface area contributed by atoms with Crippen molar-refractivity contribution in [2.24, 2.45) is 17.6 Å². The summed E-state index contributed by atoms with van der Waals surface area (Å²) in [4.78, 5) is 28.2. The summed E-state index contributed by atoms with van der Waals surface area (Å²) < 4.78 is 18.8. The number of ether oxygens (including phenoxy) is 1. The van der Waals surface area contributed by atoms with Gasteiger partial charge in [-0.2, -0.15) is 0 Å². The Bertz CT molecular complexity index is 667. The number of benzene rings is 1. The summed E-state index contributed by atoms with van der Waals surface area (Å²) in [5.41, 5.74) is 5.24. The summed E-state index contributed by atoms with van der Waals surface area (Å²) in [5, 5.41) is 0. The summed E-state index contributed by atoms with van der Waals surface area (Å²) in [5.74, 6) is 0.584. The molecule has 2 N–H and O–H groups in total. The van der Waals surface area contributed by atoms with E-state index in [2.05, 4.69) is 4.90 Å². The molecule has 2 aliphatic heterocycles. The topological polar surface area (TPSA) is 75.9 Å². The molecule has 2 saturated heterocycles. The van der Waals surface area contributed by atoms with Crippen molar-refractivity contribution in [2.45, 2.75) is 32.1 Å². The van der Waals surface area contributed by atoms with Gasteiger partial charge in [0.25, 0.3) is 0 Å². The van der Waals surface area contributed by atoms with Gasteiger partial charge in [0, 0.05) is 38.5 Å². The lowest BCUT2D eigenvalue weighted by Gasteiger charge is -2.38. The molecular weight excluding hydrogens is 361 g/mol. The largest absolute Gasteiger partial charge is 0.493 e. The van der Waals surface area contributed by atoms with Crippen molar-refractivity contribution in [2.75, 3.05) is 39.3 Å². The predicted octanol–water partition coefficient (Wildman–Crippen LogP) is 2.03. The average Bonchev–Trinajstić information content (AvgIpc) is 2.72. The van der Waals surface area contributed by atoms with Gasteiger partial charge in [-0.15, -0.1) is 0 Å². The van der Waals surface area contributed by atoms with Crippen molar-refractivity contribution in [1.29, 1.82) is 0 Å². The third kappa shape index (κ3) is 5.92. The monoisotopic (exact) mass is 391 g/mol. The molecular formula is C21H30FN3O3. The lowest BCUT2D eigenvalue weighted by Crippen LogP contribution is -2.48. The zero-order chi connectivity index (χ0) is 19.9. The second-order valence-electron chi connectivity index (χ2n) is 7.91. The fourth-order valence-electron chi connectivity index (χ4n) is 4.13. The van der Waals surface area contributed by atoms with Crippen LogP contribution in [-0.2, 0) is 9.59 Å². The highest BCUT2D eigenvalue weighted by molar-refractivity contribution is 5.79. The summed E-state index contributed by atoms with van der Waals surface area (Å²) in [6.45, 7) is 4.30. The highest BCUT2D eigenvalue weighted by Crippen LogP contribution is 2.24. The molecule has 0 aliphatic carbocycles. The Balaban J connectivity index is 1.48. The zero-order valence-corrected chi connectivity index (χ0v) is 16.3.